The number of rotatable bonds is 5. The molecule has 136 valence electrons. The normalized spacial score (nSPS) is 19.5. The summed E-state index contributed by atoms with van der Waals surface area (Å²) in [6.07, 6.45) is 0.853. The van der Waals surface area contributed by atoms with Gasteiger partial charge in [-0.3, -0.25) is 9.59 Å². The summed E-state index contributed by atoms with van der Waals surface area (Å²) in [5, 5.41) is 10.5. The Morgan fingerprint density at radius 1 is 1.04 bits per heavy atom. The summed E-state index contributed by atoms with van der Waals surface area (Å²) in [5.74, 6) is -1.66. The molecule has 1 heterocycles. The Morgan fingerprint density at radius 2 is 1.77 bits per heavy atom. The van der Waals surface area contributed by atoms with Crippen LogP contribution in [0.25, 0.3) is 0 Å². The Bertz CT molecular complexity index is 810. The molecule has 0 bridgehead atoms. The van der Waals surface area contributed by atoms with Gasteiger partial charge in [0.05, 0.1) is 16.0 Å². The van der Waals surface area contributed by atoms with Crippen molar-refractivity contribution in [2.45, 2.75) is 18.8 Å². The van der Waals surface area contributed by atoms with Gasteiger partial charge in [-0.15, -0.1) is 0 Å². The lowest BCUT2D eigenvalue weighted by Gasteiger charge is -2.16. The lowest BCUT2D eigenvalue weighted by Crippen LogP contribution is -2.30. The summed E-state index contributed by atoms with van der Waals surface area (Å²) in [7, 11) is 0. The smallest absolute Gasteiger partial charge is 0.308 e. The summed E-state index contributed by atoms with van der Waals surface area (Å²) < 4.78 is 0. The van der Waals surface area contributed by atoms with Gasteiger partial charge >= 0.3 is 5.97 Å². The molecule has 4 nitrogen and oxygen atoms in total. The van der Waals surface area contributed by atoms with Crippen LogP contribution in [0.2, 0.25) is 10.0 Å². The Balaban J connectivity index is 1.66. The molecule has 1 amide bonds. The molecule has 0 aromatic heterocycles. The Labute approximate surface area is 162 Å². The van der Waals surface area contributed by atoms with Crippen LogP contribution >= 0.6 is 23.2 Å². The van der Waals surface area contributed by atoms with Crippen molar-refractivity contribution in [1.29, 1.82) is 0 Å². The Morgan fingerprint density at radius 3 is 2.42 bits per heavy atom. The number of carboxylic acid groups (broad SMARTS) is 1. The number of hydrogen-bond acceptors (Lipinski definition) is 2. The molecule has 1 aliphatic rings. The predicted octanol–water partition coefficient (Wildman–Crippen LogP) is 4.25. The maximum Gasteiger partial charge on any atom is 0.308 e. The molecule has 3 rings (SSSR count). The van der Waals surface area contributed by atoms with Crippen molar-refractivity contribution >= 4 is 35.1 Å². The monoisotopic (exact) mass is 391 g/mol. The highest BCUT2D eigenvalue weighted by Crippen LogP contribution is 2.33. The quantitative estimate of drug-likeness (QED) is 0.828. The highest BCUT2D eigenvalue weighted by molar-refractivity contribution is 6.42. The topological polar surface area (TPSA) is 57.6 Å². The maximum atomic E-state index is 12.6. The summed E-state index contributed by atoms with van der Waals surface area (Å²) in [5.41, 5.74) is 1.89. The Kier molecular flexibility index (Phi) is 5.84. The van der Waals surface area contributed by atoms with Crippen LogP contribution in [0.15, 0.2) is 48.5 Å². The molecule has 2 aromatic rings. The van der Waals surface area contributed by atoms with Crippen molar-refractivity contribution in [3.63, 3.8) is 0 Å². The number of carbonyl (C=O) groups excluding carboxylic acids is 1. The van der Waals surface area contributed by atoms with Crippen LogP contribution in [0.3, 0.4) is 0 Å². The third kappa shape index (κ3) is 4.19. The average Bonchev–Trinajstić information content (AvgIpc) is 3.09. The highest BCUT2D eigenvalue weighted by atomic mass is 35.5. The summed E-state index contributed by atoms with van der Waals surface area (Å²) >= 11 is 11.9. The molecule has 0 radical (unpaired) electrons. The number of aryl methyl sites for hydroxylation is 1. The van der Waals surface area contributed by atoms with E-state index in [1.54, 1.807) is 17.0 Å². The molecule has 1 aliphatic heterocycles. The van der Waals surface area contributed by atoms with E-state index in [2.05, 4.69) is 0 Å². The molecule has 2 aromatic carbocycles. The number of benzene rings is 2. The van der Waals surface area contributed by atoms with Crippen molar-refractivity contribution in [1.82, 2.24) is 4.90 Å². The molecule has 1 saturated heterocycles. The van der Waals surface area contributed by atoms with E-state index in [1.807, 2.05) is 36.4 Å². The molecule has 1 N–H and O–H groups in total. The fourth-order valence-corrected chi connectivity index (χ4v) is 3.72. The number of likely N-dealkylation sites (tertiary alicyclic amines) is 1. The SMILES string of the molecule is O=C(O)C1CN(C(=O)CCc2ccc(Cl)c(Cl)c2)CC1c1ccccc1. The second kappa shape index (κ2) is 8.11. The number of nitrogens with zero attached hydrogens (tertiary/aromatic N) is 1. The fourth-order valence-electron chi connectivity index (χ4n) is 3.40. The van der Waals surface area contributed by atoms with Crippen molar-refractivity contribution in [3.05, 3.63) is 69.7 Å². The number of aliphatic carboxylic acids is 1. The summed E-state index contributed by atoms with van der Waals surface area (Å²) in [4.78, 5) is 25.9. The van der Waals surface area contributed by atoms with Crippen LogP contribution in [-0.4, -0.2) is 35.0 Å². The molecule has 2 unspecified atom stereocenters. The minimum absolute atomic E-state index is 0.0410. The molecule has 0 aliphatic carbocycles. The number of halogens is 2. The van der Waals surface area contributed by atoms with Gasteiger partial charge in [0.1, 0.15) is 0 Å². The van der Waals surface area contributed by atoms with Crippen molar-refractivity contribution in [3.8, 4) is 0 Å². The second-order valence-electron chi connectivity index (χ2n) is 6.51. The number of carbonyl (C=O) groups is 2. The second-order valence-corrected chi connectivity index (χ2v) is 7.32. The van der Waals surface area contributed by atoms with E-state index in [0.29, 0.717) is 29.4 Å². The minimum Gasteiger partial charge on any atom is -0.481 e. The first-order valence-electron chi connectivity index (χ1n) is 8.45. The average molecular weight is 392 g/mol. The van der Waals surface area contributed by atoms with Crippen molar-refractivity contribution in [2.75, 3.05) is 13.1 Å². The first kappa shape index (κ1) is 18.7. The minimum atomic E-state index is -0.862. The van der Waals surface area contributed by atoms with Gasteiger partial charge in [0.25, 0.3) is 0 Å². The van der Waals surface area contributed by atoms with Gasteiger partial charge in [0.15, 0.2) is 0 Å². The van der Waals surface area contributed by atoms with E-state index in [-0.39, 0.29) is 18.4 Å². The van der Waals surface area contributed by atoms with Crippen LogP contribution < -0.4 is 0 Å². The molecule has 0 saturated carbocycles. The first-order chi connectivity index (χ1) is 12.5. The largest absolute Gasteiger partial charge is 0.481 e. The third-order valence-electron chi connectivity index (χ3n) is 4.83. The fraction of sp³-hybridized carbons (Fsp3) is 0.300. The predicted molar refractivity (Wildman–Crippen MR) is 102 cm³/mol. The molecule has 2 atom stereocenters. The number of hydrogen-bond donors (Lipinski definition) is 1. The van der Waals surface area contributed by atoms with Gasteiger partial charge in [-0.1, -0.05) is 59.6 Å². The zero-order chi connectivity index (χ0) is 18.7. The van der Waals surface area contributed by atoms with E-state index in [1.165, 1.54) is 0 Å². The zero-order valence-electron chi connectivity index (χ0n) is 14.1. The zero-order valence-corrected chi connectivity index (χ0v) is 15.6. The van der Waals surface area contributed by atoms with Crippen molar-refractivity contribution < 1.29 is 14.7 Å². The highest BCUT2D eigenvalue weighted by Gasteiger charge is 2.40. The van der Waals surface area contributed by atoms with E-state index in [9.17, 15) is 14.7 Å². The van der Waals surface area contributed by atoms with Crippen LogP contribution in [-0.2, 0) is 16.0 Å². The van der Waals surface area contributed by atoms with Gasteiger partial charge in [-0.2, -0.15) is 0 Å². The van der Waals surface area contributed by atoms with E-state index >= 15 is 0 Å². The molecule has 6 heteroatoms. The number of amides is 1. The van der Waals surface area contributed by atoms with E-state index < -0.39 is 11.9 Å². The van der Waals surface area contributed by atoms with Gasteiger partial charge in [0.2, 0.25) is 5.91 Å². The van der Waals surface area contributed by atoms with Crippen LogP contribution in [0.5, 0.6) is 0 Å². The molecular formula is C20H19Cl2NO3. The van der Waals surface area contributed by atoms with Gasteiger partial charge in [-0.05, 0) is 29.7 Å². The molecule has 26 heavy (non-hydrogen) atoms. The van der Waals surface area contributed by atoms with Crippen molar-refractivity contribution in [2.24, 2.45) is 5.92 Å². The third-order valence-corrected chi connectivity index (χ3v) is 5.57. The van der Waals surface area contributed by atoms with Crippen LogP contribution in [0, 0.1) is 5.92 Å². The molecule has 1 fully saturated rings. The molecular weight excluding hydrogens is 373 g/mol. The summed E-state index contributed by atoms with van der Waals surface area (Å²) in [6, 6.07) is 14.8. The standard InChI is InChI=1S/C20H19Cl2NO3/c21-17-8-6-13(10-18(17)22)7-9-19(24)23-11-15(16(12-23)20(25)26)14-4-2-1-3-5-14/h1-6,8,10,15-16H,7,9,11-12H2,(H,25,26). The van der Waals surface area contributed by atoms with Crippen LogP contribution in [0.4, 0.5) is 0 Å². The van der Waals surface area contributed by atoms with E-state index in [0.717, 1.165) is 11.1 Å². The van der Waals surface area contributed by atoms with E-state index in [4.69, 9.17) is 23.2 Å². The van der Waals surface area contributed by atoms with Gasteiger partial charge < -0.3 is 10.0 Å². The lowest BCUT2D eigenvalue weighted by molar-refractivity contribution is -0.141. The van der Waals surface area contributed by atoms with Crippen LogP contribution in [0.1, 0.15) is 23.5 Å². The van der Waals surface area contributed by atoms with Gasteiger partial charge in [0, 0.05) is 25.4 Å². The summed E-state index contributed by atoms with van der Waals surface area (Å²) in [6.45, 7) is 0.677. The maximum absolute atomic E-state index is 12.6. The Hall–Kier alpha value is -2.04. The first-order valence-corrected chi connectivity index (χ1v) is 9.20. The molecule has 0 spiro atoms. The number of carboxylic acids is 1. The lowest BCUT2D eigenvalue weighted by atomic mass is 9.89. The van der Waals surface area contributed by atoms with Gasteiger partial charge in [-0.25, -0.2) is 0 Å².